The van der Waals surface area contributed by atoms with Crippen LogP contribution in [0.3, 0.4) is 0 Å². The van der Waals surface area contributed by atoms with E-state index in [-0.39, 0.29) is 12.1 Å². The number of hydrogen-bond donors (Lipinski definition) is 1. The van der Waals surface area contributed by atoms with Crippen LogP contribution in [-0.4, -0.2) is 14.7 Å². The summed E-state index contributed by atoms with van der Waals surface area (Å²) in [5.41, 5.74) is 9.50. The average molecular weight is 467 g/mol. The van der Waals surface area contributed by atoms with Gasteiger partial charge in [0.1, 0.15) is 0 Å². The SMILES string of the molecule is CCc1ccc(-n2c(C)cc([C@@H]3[C@H](c4ccccn4)NC(=S)N3c3cccc(C)c3)c2C)cc1. The van der Waals surface area contributed by atoms with E-state index in [0.717, 1.165) is 22.9 Å². The number of nitrogens with zero attached hydrogens (tertiary/aromatic N) is 3. The highest BCUT2D eigenvalue weighted by molar-refractivity contribution is 7.80. The van der Waals surface area contributed by atoms with Crippen LogP contribution in [0.15, 0.2) is 79.0 Å². The van der Waals surface area contributed by atoms with E-state index in [4.69, 9.17) is 17.2 Å². The van der Waals surface area contributed by atoms with Gasteiger partial charge in [0.05, 0.1) is 17.8 Å². The second kappa shape index (κ2) is 9.07. The molecule has 1 aliphatic heterocycles. The number of hydrogen-bond acceptors (Lipinski definition) is 2. The Morgan fingerprint density at radius 2 is 1.71 bits per heavy atom. The predicted octanol–water partition coefficient (Wildman–Crippen LogP) is 6.54. The van der Waals surface area contributed by atoms with Crippen LogP contribution in [0.2, 0.25) is 0 Å². The smallest absolute Gasteiger partial charge is 0.174 e. The Balaban J connectivity index is 1.66. The van der Waals surface area contributed by atoms with Crippen LogP contribution in [-0.2, 0) is 6.42 Å². The van der Waals surface area contributed by atoms with Crippen LogP contribution >= 0.6 is 12.2 Å². The van der Waals surface area contributed by atoms with E-state index in [9.17, 15) is 0 Å². The molecule has 3 heterocycles. The van der Waals surface area contributed by atoms with Crippen LogP contribution in [0, 0.1) is 20.8 Å². The van der Waals surface area contributed by atoms with E-state index >= 15 is 0 Å². The highest BCUT2D eigenvalue weighted by atomic mass is 32.1. The Labute approximate surface area is 207 Å². The molecule has 172 valence electrons. The number of thiocarbonyl (C=S) groups is 1. The van der Waals surface area contributed by atoms with Crippen LogP contribution in [0.25, 0.3) is 5.69 Å². The van der Waals surface area contributed by atoms with E-state index in [2.05, 4.69) is 103 Å². The van der Waals surface area contributed by atoms with Crippen molar-refractivity contribution < 1.29 is 0 Å². The molecule has 0 radical (unpaired) electrons. The van der Waals surface area contributed by atoms with Crippen molar-refractivity contribution in [3.05, 3.63) is 113 Å². The normalized spacial score (nSPS) is 17.8. The zero-order valence-electron chi connectivity index (χ0n) is 20.1. The molecule has 1 saturated heterocycles. The second-order valence-electron chi connectivity index (χ2n) is 9.02. The van der Waals surface area contributed by atoms with Gasteiger partial charge in [0, 0.05) is 29.0 Å². The number of pyridine rings is 1. The number of nitrogens with one attached hydrogen (secondary N) is 1. The Hall–Kier alpha value is -3.44. The van der Waals surface area contributed by atoms with Gasteiger partial charge in [-0.25, -0.2) is 0 Å². The first-order chi connectivity index (χ1) is 16.5. The fourth-order valence-electron chi connectivity index (χ4n) is 5.09. The number of aromatic nitrogens is 2. The van der Waals surface area contributed by atoms with Crippen LogP contribution in [0.1, 0.15) is 52.8 Å². The molecule has 2 atom stereocenters. The fourth-order valence-corrected chi connectivity index (χ4v) is 5.44. The van der Waals surface area contributed by atoms with E-state index < -0.39 is 0 Å². The Bertz CT molecular complexity index is 1320. The van der Waals surface area contributed by atoms with Gasteiger partial charge in [-0.2, -0.15) is 0 Å². The summed E-state index contributed by atoms with van der Waals surface area (Å²) >= 11 is 5.90. The fraction of sp³-hybridized carbons (Fsp3) is 0.241. The summed E-state index contributed by atoms with van der Waals surface area (Å²) in [6.07, 6.45) is 2.89. The van der Waals surface area contributed by atoms with Gasteiger partial charge < -0.3 is 14.8 Å². The van der Waals surface area contributed by atoms with E-state index in [1.165, 1.54) is 33.8 Å². The van der Waals surface area contributed by atoms with Crippen molar-refractivity contribution in [3.8, 4) is 5.69 Å². The molecule has 0 saturated carbocycles. The first-order valence-electron chi connectivity index (χ1n) is 11.8. The summed E-state index contributed by atoms with van der Waals surface area (Å²) in [5.74, 6) is 0. The molecule has 0 aliphatic carbocycles. The van der Waals surface area contributed by atoms with Gasteiger partial charge in [-0.1, -0.05) is 37.3 Å². The van der Waals surface area contributed by atoms with Crippen LogP contribution in [0.5, 0.6) is 0 Å². The molecule has 0 unspecified atom stereocenters. The lowest BCUT2D eigenvalue weighted by Crippen LogP contribution is -2.29. The van der Waals surface area contributed by atoms with Crippen LogP contribution < -0.4 is 10.2 Å². The van der Waals surface area contributed by atoms with Gasteiger partial charge in [0.2, 0.25) is 0 Å². The molecule has 5 heteroatoms. The predicted molar refractivity (Wildman–Crippen MR) is 144 cm³/mol. The Kier molecular flexibility index (Phi) is 5.96. The molecule has 4 aromatic rings. The molecule has 0 amide bonds. The minimum atomic E-state index is -0.0503. The second-order valence-corrected chi connectivity index (χ2v) is 9.40. The van der Waals surface area contributed by atoms with Gasteiger partial charge >= 0.3 is 0 Å². The topological polar surface area (TPSA) is 33.1 Å². The molecule has 1 N–H and O–H groups in total. The number of aryl methyl sites for hydroxylation is 3. The monoisotopic (exact) mass is 466 g/mol. The standard InChI is InChI=1S/C29H30N4S/c1-5-22-12-14-23(15-13-22)32-20(3)18-25(21(32)4)28-27(26-11-6-7-16-30-26)31-29(34)33(28)24-10-8-9-19(2)17-24/h6-18,27-28H,5H2,1-4H3,(H,31,34)/t27-,28+/m0/s1. The van der Waals surface area contributed by atoms with Crippen molar-refractivity contribution in [2.75, 3.05) is 4.90 Å². The molecular formula is C29H30N4S. The van der Waals surface area contributed by atoms with Crippen molar-refractivity contribution in [2.24, 2.45) is 0 Å². The minimum absolute atomic E-state index is 0.0148. The van der Waals surface area contributed by atoms with E-state index in [1.54, 1.807) is 0 Å². The third-order valence-electron chi connectivity index (χ3n) is 6.77. The summed E-state index contributed by atoms with van der Waals surface area (Å²) in [6, 6.07) is 25.7. The number of benzene rings is 2. The van der Waals surface area contributed by atoms with Gasteiger partial charge in [-0.05, 0) is 98.6 Å². The summed E-state index contributed by atoms with van der Waals surface area (Å²) in [7, 11) is 0. The lowest BCUT2D eigenvalue weighted by molar-refractivity contribution is 0.565. The van der Waals surface area contributed by atoms with Gasteiger partial charge in [-0.3, -0.25) is 4.98 Å². The van der Waals surface area contributed by atoms with E-state index in [1.807, 2.05) is 18.3 Å². The average Bonchev–Trinajstić information content (AvgIpc) is 3.35. The maximum Gasteiger partial charge on any atom is 0.174 e. The Morgan fingerprint density at radius 3 is 2.38 bits per heavy atom. The molecular weight excluding hydrogens is 436 g/mol. The maximum absolute atomic E-state index is 5.90. The van der Waals surface area contributed by atoms with Crippen molar-refractivity contribution in [1.29, 1.82) is 0 Å². The van der Waals surface area contributed by atoms with Crippen LogP contribution in [0.4, 0.5) is 5.69 Å². The summed E-state index contributed by atoms with van der Waals surface area (Å²) in [6.45, 7) is 8.69. The molecule has 0 spiro atoms. The Morgan fingerprint density at radius 1 is 0.912 bits per heavy atom. The molecule has 2 aromatic heterocycles. The van der Waals surface area contributed by atoms with Gasteiger partial charge in [0.15, 0.2) is 5.11 Å². The quantitative estimate of drug-likeness (QED) is 0.339. The highest BCUT2D eigenvalue weighted by Gasteiger charge is 2.42. The van der Waals surface area contributed by atoms with Crippen molar-refractivity contribution in [2.45, 2.75) is 46.2 Å². The number of rotatable bonds is 5. The maximum atomic E-state index is 5.90. The minimum Gasteiger partial charge on any atom is -0.351 e. The first kappa shape index (κ1) is 22.4. The zero-order chi connectivity index (χ0) is 23.8. The summed E-state index contributed by atoms with van der Waals surface area (Å²) in [4.78, 5) is 6.96. The third kappa shape index (κ3) is 3.90. The third-order valence-corrected chi connectivity index (χ3v) is 7.08. The molecule has 1 fully saturated rings. The lowest BCUT2D eigenvalue weighted by atomic mass is 9.96. The summed E-state index contributed by atoms with van der Waals surface area (Å²) < 4.78 is 2.35. The zero-order valence-corrected chi connectivity index (χ0v) is 20.9. The lowest BCUT2D eigenvalue weighted by Gasteiger charge is -2.28. The number of anilines is 1. The van der Waals surface area contributed by atoms with Gasteiger partial charge in [0.25, 0.3) is 0 Å². The molecule has 34 heavy (non-hydrogen) atoms. The van der Waals surface area contributed by atoms with E-state index in [0.29, 0.717) is 0 Å². The van der Waals surface area contributed by atoms with Crippen molar-refractivity contribution in [3.63, 3.8) is 0 Å². The van der Waals surface area contributed by atoms with Crippen molar-refractivity contribution >= 4 is 23.0 Å². The largest absolute Gasteiger partial charge is 0.351 e. The molecule has 2 aromatic carbocycles. The summed E-state index contributed by atoms with van der Waals surface area (Å²) in [5, 5.41) is 4.31. The molecule has 1 aliphatic rings. The molecule has 4 nitrogen and oxygen atoms in total. The molecule has 0 bridgehead atoms. The highest BCUT2D eigenvalue weighted by Crippen LogP contribution is 2.43. The van der Waals surface area contributed by atoms with Gasteiger partial charge in [-0.15, -0.1) is 0 Å². The molecule has 5 rings (SSSR count). The first-order valence-corrected chi connectivity index (χ1v) is 12.2. The van der Waals surface area contributed by atoms with Crippen molar-refractivity contribution in [1.82, 2.24) is 14.9 Å².